The van der Waals surface area contributed by atoms with Crippen LogP contribution in [0.3, 0.4) is 0 Å². The van der Waals surface area contributed by atoms with Gasteiger partial charge in [0.2, 0.25) is 10.0 Å². The summed E-state index contributed by atoms with van der Waals surface area (Å²) in [6, 6.07) is 4.47. The first-order valence-electron chi connectivity index (χ1n) is 6.18. The van der Waals surface area contributed by atoms with Crippen LogP contribution in [0, 0.1) is 5.92 Å². The van der Waals surface area contributed by atoms with Crippen LogP contribution in [-0.4, -0.2) is 21.1 Å². The summed E-state index contributed by atoms with van der Waals surface area (Å²) >= 11 is 6.03. The molecule has 0 amide bonds. The van der Waals surface area contributed by atoms with Gasteiger partial charge in [0.05, 0.1) is 16.0 Å². The highest BCUT2D eigenvalue weighted by atomic mass is 35.5. The van der Waals surface area contributed by atoms with Crippen LogP contribution in [0.25, 0.3) is 0 Å². The Morgan fingerprint density at radius 3 is 2.37 bits per heavy atom. The van der Waals surface area contributed by atoms with E-state index in [1.54, 1.807) is 6.07 Å². The molecule has 0 aliphatic rings. The van der Waals surface area contributed by atoms with E-state index in [2.05, 4.69) is 4.72 Å². The van der Waals surface area contributed by atoms with Gasteiger partial charge in [-0.3, -0.25) is 0 Å². The Morgan fingerprint density at radius 2 is 1.89 bits per heavy atom. The van der Waals surface area contributed by atoms with E-state index in [4.69, 9.17) is 16.3 Å². The maximum Gasteiger partial charge on any atom is 0.240 e. The molecule has 0 unspecified atom stereocenters. The minimum Gasteiger partial charge on any atom is -0.489 e. The highest BCUT2D eigenvalue weighted by Gasteiger charge is 2.16. The lowest BCUT2D eigenvalue weighted by Gasteiger charge is -2.13. The molecule has 0 bridgehead atoms. The predicted octanol–water partition coefficient (Wildman–Crippen LogP) is 3.06. The number of benzene rings is 1. The Hall–Kier alpha value is -0.780. The summed E-state index contributed by atoms with van der Waals surface area (Å²) in [4.78, 5) is 0.147. The second-order valence-corrected chi connectivity index (χ2v) is 7.18. The van der Waals surface area contributed by atoms with E-state index in [0.717, 1.165) is 0 Å². The summed E-state index contributed by atoms with van der Waals surface area (Å²) in [6.45, 7) is 8.03. The van der Waals surface area contributed by atoms with Gasteiger partial charge in [0.25, 0.3) is 0 Å². The number of hydrogen-bond acceptors (Lipinski definition) is 3. The number of sulfonamides is 1. The lowest BCUT2D eigenvalue weighted by Crippen LogP contribution is -2.27. The average Bonchev–Trinajstić information content (AvgIpc) is 2.28. The van der Waals surface area contributed by atoms with Gasteiger partial charge in [-0.1, -0.05) is 25.4 Å². The normalized spacial score (nSPS) is 12.2. The molecule has 1 aromatic rings. The van der Waals surface area contributed by atoms with Gasteiger partial charge in [0.1, 0.15) is 5.75 Å². The van der Waals surface area contributed by atoms with Crippen molar-refractivity contribution in [3.8, 4) is 5.75 Å². The van der Waals surface area contributed by atoms with Crippen molar-refractivity contribution < 1.29 is 13.2 Å². The Balaban J connectivity index is 2.94. The second kappa shape index (κ2) is 6.59. The zero-order chi connectivity index (χ0) is 14.6. The molecule has 6 heteroatoms. The lowest BCUT2D eigenvalue weighted by molar-refractivity contribution is 0.242. The van der Waals surface area contributed by atoms with Gasteiger partial charge >= 0.3 is 0 Å². The molecule has 0 radical (unpaired) electrons. The smallest absolute Gasteiger partial charge is 0.240 e. The third-order valence-corrected chi connectivity index (χ3v) is 3.97. The molecule has 0 aliphatic heterocycles. The average molecular weight is 306 g/mol. The van der Waals surface area contributed by atoms with E-state index in [1.165, 1.54) is 12.1 Å². The van der Waals surface area contributed by atoms with Gasteiger partial charge in [-0.2, -0.15) is 0 Å². The van der Waals surface area contributed by atoms with Gasteiger partial charge in [-0.25, -0.2) is 13.1 Å². The molecule has 0 spiro atoms. The number of rotatable bonds is 6. The van der Waals surface area contributed by atoms with Crippen LogP contribution in [0.15, 0.2) is 23.1 Å². The summed E-state index contributed by atoms with van der Waals surface area (Å²) in [5, 5.41) is 0.293. The Morgan fingerprint density at radius 1 is 1.26 bits per heavy atom. The first-order valence-corrected chi connectivity index (χ1v) is 8.04. The fraction of sp³-hybridized carbons (Fsp3) is 0.538. The van der Waals surface area contributed by atoms with Crippen LogP contribution >= 0.6 is 11.6 Å². The van der Waals surface area contributed by atoms with E-state index in [9.17, 15) is 8.42 Å². The first-order chi connectivity index (χ1) is 8.72. The van der Waals surface area contributed by atoms with E-state index in [1.807, 2.05) is 27.7 Å². The van der Waals surface area contributed by atoms with Crippen molar-refractivity contribution in [2.45, 2.75) is 38.7 Å². The van der Waals surface area contributed by atoms with Crippen molar-refractivity contribution >= 4 is 21.6 Å². The van der Waals surface area contributed by atoms with Gasteiger partial charge in [0, 0.05) is 6.54 Å². The monoisotopic (exact) mass is 305 g/mol. The summed E-state index contributed by atoms with van der Waals surface area (Å²) in [5.41, 5.74) is 0. The largest absolute Gasteiger partial charge is 0.489 e. The van der Waals surface area contributed by atoms with Gasteiger partial charge in [-0.05, 0) is 38.0 Å². The third-order valence-electron chi connectivity index (χ3n) is 2.26. The van der Waals surface area contributed by atoms with Crippen molar-refractivity contribution in [2.24, 2.45) is 5.92 Å². The fourth-order valence-electron chi connectivity index (χ4n) is 1.36. The van der Waals surface area contributed by atoms with Crippen LogP contribution < -0.4 is 9.46 Å². The SMILES string of the molecule is CC(C)CNS(=O)(=O)c1ccc(OC(C)C)c(Cl)c1. The molecule has 1 rings (SSSR count). The maximum absolute atomic E-state index is 12.0. The summed E-state index contributed by atoms with van der Waals surface area (Å²) < 4.78 is 32.0. The quantitative estimate of drug-likeness (QED) is 0.879. The fourth-order valence-corrected chi connectivity index (χ4v) is 2.89. The van der Waals surface area contributed by atoms with E-state index < -0.39 is 10.0 Å². The zero-order valence-electron chi connectivity index (χ0n) is 11.6. The summed E-state index contributed by atoms with van der Waals surface area (Å²) in [5.74, 6) is 0.730. The van der Waals surface area contributed by atoms with E-state index >= 15 is 0 Å². The molecule has 0 aliphatic carbocycles. The van der Waals surface area contributed by atoms with Crippen molar-refractivity contribution in [1.82, 2.24) is 4.72 Å². The van der Waals surface area contributed by atoms with Crippen LogP contribution in [0.4, 0.5) is 0 Å². The Bertz CT molecular complexity index is 527. The van der Waals surface area contributed by atoms with Crippen LogP contribution in [0.1, 0.15) is 27.7 Å². The molecule has 0 saturated heterocycles. The standard InChI is InChI=1S/C13H20ClNO3S/c1-9(2)8-15-19(16,17)11-5-6-13(12(14)7-11)18-10(3)4/h5-7,9-10,15H,8H2,1-4H3. The molecule has 1 N–H and O–H groups in total. The van der Waals surface area contributed by atoms with Crippen molar-refractivity contribution in [3.05, 3.63) is 23.2 Å². The number of nitrogens with one attached hydrogen (secondary N) is 1. The molecular weight excluding hydrogens is 286 g/mol. The minimum absolute atomic E-state index is 0.0148. The molecule has 1 aromatic carbocycles. The molecule has 0 heterocycles. The van der Waals surface area contributed by atoms with Crippen molar-refractivity contribution in [3.63, 3.8) is 0 Å². The predicted molar refractivity (Wildman–Crippen MR) is 77.2 cm³/mol. The molecular formula is C13H20ClNO3S. The second-order valence-electron chi connectivity index (χ2n) is 5.00. The highest BCUT2D eigenvalue weighted by Crippen LogP contribution is 2.28. The zero-order valence-corrected chi connectivity index (χ0v) is 13.2. The number of hydrogen-bond donors (Lipinski definition) is 1. The maximum atomic E-state index is 12.0. The molecule has 0 saturated carbocycles. The number of ether oxygens (including phenoxy) is 1. The third kappa shape index (κ3) is 5.01. The minimum atomic E-state index is -3.51. The highest BCUT2D eigenvalue weighted by molar-refractivity contribution is 7.89. The molecule has 4 nitrogen and oxygen atoms in total. The molecule has 0 fully saturated rings. The van der Waals surface area contributed by atoms with Crippen LogP contribution in [0.5, 0.6) is 5.75 Å². The van der Waals surface area contributed by atoms with Crippen molar-refractivity contribution in [2.75, 3.05) is 6.54 Å². The summed E-state index contributed by atoms with van der Waals surface area (Å²) in [6.07, 6.45) is -0.0148. The number of halogens is 1. The Labute approximate surface area is 120 Å². The van der Waals surface area contributed by atoms with E-state index in [0.29, 0.717) is 17.3 Å². The van der Waals surface area contributed by atoms with Gasteiger partial charge in [-0.15, -0.1) is 0 Å². The van der Waals surface area contributed by atoms with Gasteiger partial charge < -0.3 is 4.74 Å². The summed E-state index contributed by atoms with van der Waals surface area (Å²) in [7, 11) is -3.51. The van der Waals surface area contributed by atoms with Crippen molar-refractivity contribution in [1.29, 1.82) is 0 Å². The molecule has 0 atom stereocenters. The van der Waals surface area contributed by atoms with Crippen LogP contribution in [-0.2, 0) is 10.0 Å². The topological polar surface area (TPSA) is 55.4 Å². The first kappa shape index (κ1) is 16.3. The molecule has 0 aromatic heterocycles. The van der Waals surface area contributed by atoms with Gasteiger partial charge in [0.15, 0.2) is 0 Å². The lowest BCUT2D eigenvalue weighted by atomic mass is 10.2. The Kier molecular flexibility index (Phi) is 5.64. The molecule has 108 valence electrons. The van der Waals surface area contributed by atoms with E-state index in [-0.39, 0.29) is 16.9 Å². The van der Waals surface area contributed by atoms with Crippen LogP contribution in [0.2, 0.25) is 5.02 Å². The molecule has 19 heavy (non-hydrogen) atoms.